The van der Waals surface area contributed by atoms with E-state index in [1.54, 1.807) is 6.20 Å². The third-order valence-corrected chi connectivity index (χ3v) is 3.79. The zero-order valence-corrected chi connectivity index (χ0v) is 10.6. The summed E-state index contributed by atoms with van der Waals surface area (Å²) in [4.78, 5) is 4.23. The van der Waals surface area contributed by atoms with E-state index >= 15 is 0 Å². The van der Waals surface area contributed by atoms with Crippen molar-refractivity contribution in [2.75, 3.05) is 6.61 Å². The van der Waals surface area contributed by atoms with E-state index in [0.717, 1.165) is 22.9 Å². The fourth-order valence-corrected chi connectivity index (χ4v) is 2.19. The second kappa shape index (κ2) is 4.97. The molecular weight excluding hydrogens is 254 g/mol. The molecule has 0 unspecified atom stereocenters. The maximum Gasteiger partial charge on any atom is 0.213 e. The molecular formula is C12H16BrNO. The van der Waals surface area contributed by atoms with Crippen LogP contribution in [0.1, 0.15) is 31.2 Å². The molecule has 1 aliphatic rings. The summed E-state index contributed by atoms with van der Waals surface area (Å²) < 4.78 is 6.73. The van der Waals surface area contributed by atoms with Crippen molar-refractivity contribution < 1.29 is 4.74 Å². The van der Waals surface area contributed by atoms with Gasteiger partial charge in [-0.05, 0) is 47.2 Å². The zero-order chi connectivity index (χ0) is 10.7. The number of halogens is 1. The lowest BCUT2D eigenvalue weighted by Gasteiger charge is -2.11. The molecule has 0 atom stereocenters. The van der Waals surface area contributed by atoms with Gasteiger partial charge in [-0.1, -0.05) is 12.8 Å². The minimum Gasteiger partial charge on any atom is -0.477 e. The molecule has 0 amide bonds. The molecule has 1 heterocycles. The summed E-state index contributed by atoms with van der Waals surface area (Å²) in [6, 6.07) is 1.99. The molecule has 1 aromatic rings. The van der Waals surface area contributed by atoms with E-state index in [4.69, 9.17) is 4.74 Å². The molecule has 2 rings (SSSR count). The summed E-state index contributed by atoms with van der Waals surface area (Å²) >= 11 is 3.43. The number of pyridine rings is 1. The number of hydrogen-bond donors (Lipinski definition) is 0. The molecule has 0 aliphatic heterocycles. The molecule has 1 aromatic heterocycles. The van der Waals surface area contributed by atoms with Gasteiger partial charge in [0.25, 0.3) is 0 Å². The normalized spacial score (nSPS) is 16.9. The van der Waals surface area contributed by atoms with Crippen LogP contribution in [0, 0.1) is 12.8 Å². The fraction of sp³-hybridized carbons (Fsp3) is 0.583. The van der Waals surface area contributed by atoms with Gasteiger partial charge in [0, 0.05) is 16.7 Å². The lowest BCUT2D eigenvalue weighted by molar-refractivity contribution is 0.243. The van der Waals surface area contributed by atoms with Crippen LogP contribution in [0.25, 0.3) is 0 Å². The van der Waals surface area contributed by atoms with Crippen molar-refractivity contribution in [3.63, 3.8) is 0 Å². The molecule has 2 nitrogen and oxygen atoms in total. The van der Waals surface area contributed by atoms with Crippen molar-refractivity contribution in [1.82, 2.24) is 4.98 Å². The average molecular weight is 270 g/mol. The second-order valence-corrected chi connectivity index (χ2v) is 5.09. The predicted molar refractivity (Wildman–Crippen MR) is 64.1 cm³/mol. The van der Waals surface area contributed by atoms with E-state index in [-0.39, 0.29) is 0 Å². The summed E-state index contributed by atoms with van der Waals surface area (Å²) in [5.74, 6) is 1.50. The molecule has 0 bridgehead atoms. The van der Waals surface area contributed by atoms with E-state index < -0.39 is 0 Å². The van der Waals surface area contributed by atoms with Gasteiger partial charge < -0.3 is 4.74 Å². The lowest BCUT2D eigenvalue weighted by Crippen LogP contribution is -2.08. The van der Waals surface area contributed by atoms with Crippen LogP contribution in [-0.2, 0) is 0 Å². The second-order valence-electron chi connectivity index (χ2n) is 4.23. The molecule has 0 N–H and O–H groups in total. The van der Waals surface area contributed by atoms with E-state index in [0.29, 0.717) is 0 Å². The van der Waals surface area contributed by atoms with Crippen molar-refractivity contribution in [3.05, 3.63) is 22.3 Å². The molecule has 1 saturated carbocycles. The molecule has 0 aromatic carbocycles. The highest BCUT2D eigenvalue weighted by atomic mass is 79.9. The lowest BCUT2D eigenvalue weighted by atomic mass is 10.1. The van der Waals surface area contributed by atoms with Gasteiger partial charge in [-0.15, -0.1) is 0 Å². The third-order valence-electron chi connectivity index (χ3n) is 2.96. The number of hydrogen-bond acceptors (Lipinski definition) is 2. The third kappa shape index (κ3) is 2.94. The molecule has 1 fully saturated rings. The minimum absolute atomic E-state index is 0.746. The molecule has 15 heavy (non-hydrogen) atoms. The maximum atomic E-state index is 5.69. The summed E-state index contributed by atoms with van der Waals surface area (Å²) in [7, 11) is 0. The predicted octanol–water partition coefficient (Wildman–Crippen LogP) is 3.72. The number of rotatable bonds is 3. The first kappa shape index (κ1) is 10.9. The van der Waals surface area contributed by atoms with Gasteiger partial charge in [0.15, 0.2) is 0 Å². The van der Waals surface area contributed by atoms with Crippen molar-refractivity contribution in [2.45, 2.75) is 32.6 Å². The van der Waals surface area contributed by atoms with Crippen LogP contribution >= 0.6 is 15.9 Å². The maximum absolute atomic E-state index is 5.69. The first-order chi connectivity index (χ1) is 7.25. The van der Waals surface area contributed by atoms with Gasteiger partial charge >= 0.3 is 0 Å². The van der Waals surface area contributed by atoms with Crippen LogP contribution in [0.3, 0.4) is 0 Å². The van der Waals surface area contributed by atoms with Crippen LogP contribution in [0.15, 0.2) is 16.7 Å². The summed E-state index contributed by atoms with van der Waals surface area (Å²) in [6.45, 7) is 2.88. The van der Waals surface area contributed by atoms with Crippen molar-refractivity contribution >= 4 is 15.9 Å². The Bertz CT molecular complexity index is 334. The summed E-state index contributed by atoms with van der Waals surface area (Å²) in [5, 5.41) is 0. The number of aromatic nitrogens is 1. The van der Waals surface area contributed by atoms with E-state index in [9.17, 15) is 0 Å². The molecule has 0 saturated heterocycles. The molecule has 0 spiro atoms. The zero-order valence-electron chi connectivity index (χ0n) is 9.00. The van der Waals surface area contributed by atoms with Gasteiger partial charge in [-0.25, -0.2) is 4.98 Å². The SMILES string of the molecule is Cc1cc(OCC2CCCC2)ncc1Br. The Hall–Kier alpha value is -0.570. The van der Waals surface area contributed by atoms with Crippen LogP contribution in [-0.4, -0.2) is 11.6 Å². The van der Waals surface area contributed by atoms with Crippen molar-refractivity contribution in [3.8, 4) is 5.88 Å². The Labute approximate surface area is 99.2 Å². The highest BCUT2D eigenvalue weighted by Gasteiger charge is 2.15. The molecule has 82 valence electrons. The van der Waals surface area contributed by atoms with Gasteiger partial charge in [-0.3, -0.25) is 0 Å². The number of nitrogens with zero attached hydrogens (tertiary/aromatic N) is 1. The smallest absolute Gasteiger partial charge is 0.213 e. The van der Waals surface area contributed by atoms with Gasteiger partial charge in [0.1, 0.15) is 0 Å². The Morgan fingerprint density at radius 2 is 2.20 bits per heavy atom. The standard InChI is InChI=1S/C12H16BrNO/c1-9-6-12(14-7-11(9)13)15-8-10-4-2-3-5-10/h6-7,10H,2-5,8H2,1H3. The fourth-order valence-electron chi connectivity index (χ4n) is 1.97. The molecule has 3 heteroatoms. The number of aryl methyl sites for hydroxylation is 1. The average Bonchev–Trinajstić information content (AvgIpc) is 2.73. The Kier molecular flexibility index (Phi) is 3.62. The van der Waals surface area contributed by atoms with Gasteiger partial charge in [0.2, 0.25) is 5.88 Å². The Balaban J connectivity index is 1.90. The quantitative estimate of drug-likeness (QED) is 0.835. The van der Waals surface area contributed by atoms with E-state index in [1.807, 2.05) is 13.0 Å². The highest BCUT2D eigenvalue weighted by molar-refractivity contribution is 9.10. The van der Waals surface area contributed by atoms with Crippen LogP contribution in [0.5, 0.6) is 5.88 Å². The molecule has 0 radical (unpaired) electrons. The van der Waals surface area contributed by atoms with Crippen molar-refractivity contribution in [2.24, 2.45) is 5.92 Å². The first-order valence-electron chi connectivity index (χ1n) is 5.50. The Morgan fingerprint density at radius 3 is 2.87 bits per heavy atom. The largest absolute Gasteiger partial charge is 0.477 e. The number of ether oxygens (including phenoxy) is 1. The summed E-state index contributed by atoms with van der Waals surface area (Å²) in [6.07, 6.45) is 7.16. The summed E-state index contributed by atoms with van der Waals surface area (Å²) in [5.41, 5.74) is 1.17. The van der Waals surface area contributed by atoms with Crippen LogP contribution in [0.4, 0.5) is 0 Å². The van der Waals surface area contributed by atoms with Crippen molar-refractivity contribution in [1.29, 1.82) is 0 Å². The topological polar surface area (TPSA) is 22.1 Å². The van der Waals surface area contributed by atoms with E-state index in [2.05, 4.69) is 20.9 Å². The minimum atomic E-state index is 0.746. The van der Waals surface area contributed by atoms with Gasteiger partial charge in [0.05, 0.1) is 6.61 Å². The molecule has 1 aliphatic carbocycles. The highest BCUT2D eigenvalue weighted by Crippen LogP contribution is 2.26. The van der Waals surface area contributed by atoms with Gasteiger partial charge in [-0.2, -0.15) is 0 Å². The van der Waals surface area contributed by atoms with Crippen LogP contribution < -0.4 is 4.74 Å². The van der Waals surface area contributed by atoms with E-state index in [1.165, 1.54) is 31.2 Å². The first-order valence-corrected chi connectivity index (χ1v) is 6.30. The Morgan fingerprint density at radius 1 is 1.47 bits per heavy atom. The monoisotopic (exact) mass is 269 g/mol. The van der Waals surface area contributed by atoms with Crippen LogP contribution in [0.2, 0.25) is 0 Å².